The Balaban J connectivity index is 1.73. The van der Waals surface area contributed by atoms with Crippen LogP contribution < -0.4 is 14.8 Å². The minimum atomic E-state index is -0.589. The van der Waals surface area contributed by atoms with Gasteiger partial charge in [0.25, 0.3) is 5.91 Å². The molecule has 0 fully saturated rings. The van der Waals surface area contributed by atoms with E-state index in [1.165, 1.54) is 0 Å². The van der Waals surface area contributed by atoms with Gasteiger partial charge in [-0.25, -0.2) is 0 Å². The summed E-state index contributed by atoms with van der Waals surface area (Å²) >= 11 is 0. The summed E-state index contributed by atoms with van der Waals surface area (Å²) in [6.07, 6.45) is 1.64. The molecule has 4 heteroatoms. The van der Waals surface area contributed by atoms with E-state index in [2.05, 4.69) is 11.9 Å². The van der Waals surface area contributed by atoms with Crippen molar-refractivity contribution in [2.45, 2.75) is 19.4 Å². The normalized spacial score (nSPS) is 11.6. The van der Waals surface area contributed by atoms with Gasteiger partial charge < -0.3 is 14.8 Å². The lowest BCUT2D eigenvalue weighted by Crippen LogP contribution is -2.32. The fourth-order valence-corrected chi connectivity index (χ4v) is 2.82. The third-order valence-corrected chi connectivity index (χ3v) is 4.15. The van der Waals surface area contributed by atoms with E-state index in [0.29, 0.717) is 30.2 Å². The molecule has 0 saturated heterocycles. The third kappa shape index (κ3) is 4.67. The summed E-state index contributed by atoms with van der Waals surface area (Å²) in [7, 11) is 0. The van der Waals surface area contributed by atoms with Crippen LogP contribution >= 0.6 is 0 Å². The van der Waals surface area contributed by atoms with Crippen LogP contribution in [0.4, 0.5) is 5.69 Å². The number of hydrogen-bond donors (Lipinski definition) is 1. The van der Waals surface area contributed by atoms with Crippen LogP contribution in [0.25, 0.3) is 10.8 Å². The van der Waals surface area contributed by atoms with E-state index in [-0.39, 0.29) is 5.91 Å². The number of rotatable bonds is 8. The first-order chi connectivity index (χ1) is 13.2. The van der Waals surface area contributed by atoms with Crippen LogP contribution in [0.1, 0.15) is 13.3 Å². The van der Waals surface area contributed by atoms with Crippen molar-refractivity contribution < 1.29 is 14.3 Å². The number of benzene rings is 3. The highest BCUT2D eigenvalue weighted by Gasteiger charge is 2.19. The quantitative estimate of drug-likeness (QED) is 0.561. The van der Waals surface area contributed by atoms with Crippen molar-refractivity contribution >= 4 is 22.4 Å². The average molecular weight is 361 g/mol. The molecule has 0 spiro atoms. The highest BCUT2D eigenvalue weighted by molar-refractivity contribution is 5.95. The molecular formula is C23H23NO3. The van der Waals surface area contributed by atoms with Crippen LogP contribution in [0, 0.1) is 0 Å². The van der Waals surface area contributed by atoms with Crippen molar-refractivity contribution in [3.8, 4) is 11.5 Å². The SMILES string of the molecule is C=CCOc1cccc(NC(=O)[C@H](CC)Oc2cccc3ccccc23)c1. The summed E-state index contributed by atoms with van der Waals surface area (Å²) in [6, 6.07) is 21.1. The first kappa shape index (κ1) is 18.5. The first-order valence-electron chi connectivity index (χ1n) is 9.00. The lowest BCUT2D eigenvalue weighted by molar-refractivity contribution is -0.122. The lowest BCUT2D eigenvalue weighted by Gasteiger charge is -2.19. The second-order valence-corrected chi connectivity index (χ2v) is 6.11. The van der Waals surface area contributed by atoms with Gasteiger partial charge in [-0.2, -0.15) is 0 Å². The van der Waals surface area contributed by atoms with Gasteiger partial charge in [0.2, 0.25) is 0 Å². The minimum absolute atomic E-state index is 0.189. The van der Waals surface area contributed by atoms with Crippen molar-refractivity contribution in [1.82, 2.24) is 0 Å². The molecule has 3 rings (SSSR count). The largest absolute Gasteiger partial charge is 0.489 e. The molecule has 0 aliphatic carbocycles. The highest BCUT2D eigenvalue weighted by atomic mass is 16.5. The van der Waals surface area contributed by atoms with Gasteiger partial charge in [0.05, 0.1) is 0 Å². The van der Waals surface area contributed by atoms with Crippen LogP contribution in [-0.2, 0) is 4.79 Å². The maximum atomic E-state index is 12.7. The van der Waals surface area contributed by atoms with E-state index >= 15 is 0 Å². The molecule has 3 aromatic rings. The van der Waals surface area contributed by atoms with E-state index in [0.717, 1.165) is 10.8 Å². The average Bonchev–Trinajstić information content (AvgIpc) is 2.70. The molecule has 138 valence electrons. The van der Waals surface area contributed by atoms with E-state index in [4.69, 9.17) is 9.47 Å². The fraction of sp³-hybridized carbons (Fsp3) is 0.174. The summed E-state index contributed by atoms with van der Waals surface area (Å²) in [5.41, 5.74) is 0.668. The number of nitrogens with one attached hydrogen (secondary N) is 1. The third-order valence-electron chi connectivity index (χ3n) is 4.15. The standard InChI is InChI=1S/C23H23NO3/c1-3-15-26-19-12-8-11-18(16-19)24-23(25)21(4-2)27-22-14-7-10-17-9-5-6-13-20(17)22/h3,5-14,16,21H,1,4,15H2,2H3,(H,24,25)/t21-/m0/s1. The topological polar surface area (TPSA) is 47.6 Å². The van der Waals surface area contributed by atoms with Crippen LogP contribution in [0.2, 0.25) is 0 Å². The number of carbonyl (C=O) groups excluding carboxylic acids is 1. The van der Waals surface area contributed by atoms with Gasteiger partial charge in [-0.3, -0.25) is 4.79 Å². The van der Waals surface area contributed by atoms with Crippen molar-refractivity contribution in [3.63, 3.8) is 0 Å². The molecule has 0 aliphatic rings. The fourth-order valence-electron chi connectivity index (χ4n) is 2.82. The summed E-state index contributed by atoms with van der Waals surface area (Å²) in [5.74, 6) is 1.19. The molecule has 1 N–H and O–H groups in total. The van der Waals surface area contributed by atoms with Crippen molar-refractivity contribution in [1.29, 1.82) is 0 Å². The second-order valence-electron chi connectivity index (χ2n) is 6.11. The molecule has 27 heavy (non-hydrogen) atoms. The Kier molecular flexibility index (Phi) is 6.10. The number of fused-ring (bicyclic) bond motifs is 1. The Morgan fingerprint density at radius 1 is 1.11 bits per heavy atom. The smallest absolute Gasteiger partial charge is 0.265 e. The second kappa shape index (κ2) is 8.90. The number of amides is 1. The van der Waals surface area contributed by atoms with Gasteiger partial charge >= 0.3 is 0 Å². The highest BCUT2D eigenvalue weighted by Crippen LogP contribution is 2.27. The van der Waals surface area contributed by atoms with Crippen LogP contribution in [-0.4, -0.2) is 18.6 Å². The van der Waals surface area contributed by atoms with Crippen LogP contribution in [0.3, 0.4) is 0 Å². The summed E-state index contributed by atoms with van der Waals surface area (Å²) < 4.78 is 11.6. The summed E-state index contributed by atoms with van der Waals surface area (Å²) in [4.78, 5) is 12.7. The summed E-state index contributed by atoms with van der Waals surface area (Å²) in [6.45, 7) is 5.98. The van der Waals surface area contributed by atoms with Crippen molar-refractivity contribution in [2.75, 3.05) is 11.9 Å². The number of anilines is 1. The van der Waals surface area contributed by atoms with Gasteiger partial charge in [-0.15, -0.1) is 0 Å². The van der Waals surface area contributed by atoms with Gasteiger partial charge in [-0.1, -0.05) is 62.0 Å². The lowest BCUT2D eigenvalue weighted by atomic mass is 10.1. The van der Waals surface area contributed by atoms with E-state index in [9.17, 15) is 4.79 Å². The Labute approximate surface area is 159 Å². The Morgan fingerprint density at radius 2 is 1.89 bits per heavy atom. The molecule has 0 bridgehead atoms. The van der Waals surface area contributed by atoms with E-state index in [1.807, 2.05) is 67.6 Å². The van der Waals surface area contributed by atoms with Crippen molar-refractivity contribution in [3.05, 3.63) is 79.4 Å². The molecule has 1 amide bonds. The molecule has 0 heterocycles. The zero-order valence-corrected chi connectivity index (χ0v) is 15.4. The van der Waals surface area contributed by atoms with Gasteiger partial charge in [-0.05, 0) is 30.0 Å². The first-order valence-corrected chi connectivity index (χ1v) is 9.00. The zero-order chi connectivity index (χ0) is 19.1. The molecule has 1 atom stereocenters. The minimum Gasteiger partial charge on any atom is -0.489 e. The molecule has 0 aromatic heterocycles. The summed E-state index contributed by atoms with van der Waals surface area (Å²) in [5, 5.41) is 4.98. The molecule has 4 nitrogen and oxygen atoms in total. The van der Waals surface area contributed by atoms with Crippen LogP contribution in [0.5, 0.6) is 11.5 Å². The van der Waals surface area contributed by atoms with Gasteiger partial charge in [0, 0.05) is 17.1 Å². The molecule has 0 unspecified atom stereocenters. The molecule has 3 aromatic carbocycles. The molecule has 0 saturated carbocycles. The number of hydrogen-bond acceptors (Lipinski definition) is 3. The predicted octanol–water partition coefficient (Wildman–Crippen LogP) is 5.20. The Hall–Kier alpha value is -3.27. The monoisotopic (exact) mass is 361 g/mol. The van der Waals surface area contributed by atoms with Gasteiger partial charge in [0.15, 0.2) is 6.10 Å². The number of ether oxygens (including phenoxy) is 2. The maximum absolute atomic E-state index is 12.7. The molecule has 0 radical (unpaired) electrons. The van der Waals surface area contributed by atoms with Gasteiger partial charge in [0.1, 0.15) is 18.1 Å². The zero-order valence-electron chi connectivity index (χ0n) is 15.4. The Morgan fingerprint density at radius 3 is 2.70 bits per heavy atom. The number of carbonyl (C=O) groups is 1. The predicted molar refractivity (Wildman–Crippen MR) is 109 cm³/mol. The Bertz CT molecular complexity index is 930. The van der Waals surface area contributed by atoms with E-state index < -0.39 is 6.10 Å². The van der Waals surface area contributed by atoms with Crippen molar-refractivity contribution in [2.24, 2.45) is 0 Å². The van der Waals surface area contributed by atoms with Crippen LogP contribution in [0.15, 0.2) is 79.4 Å². The van der Waals surface area contributed by atoms with E-state index in [1.54, 1.807) is 12.1 Å². The molecule has 0 aliphatic heterocycles. The molecular weight excluding hydrogens is 338 g/mol. The maximum Gasteiger partial charge on any atom is 0.265 e.